The maximum atomic E-state index is 10.8. The summed E-state index contributed by atoms with van der Waals surface area (Å²) in [5.74, 6) is 1.95. The molecule has 0 aliphatic heterocycles. The van der Waals surface area contributed by atoms with Crippen LogP contribution in [0, 0.1) is 54.7 Å². The molecular weight excluding hydrogens is 376 g/mol. The van der Waals surface area contributed by atoms with Crippen molar-refractivity contribution in [2.24, 2.45) is 34.5 Å². The van der Waals surface area contributed by atoms with Gasteiger partial charge in [-0.15, -0.1) is 20.2 Å². The quantitative estimate of drug-likeness (QED) is 0.270. The van der Waals surface area contributed by atoms with Crippen molar-refractivity contribution in [3.05, 3.63) is 44.0 Å². The Kier molecular flexibility index (Phi) is 5.07. The Morgan fingerprint density at radius 3 is 2.52 bits per heavy atom. The molecule has 0 N–H and O–H groups in total. The highest BCUT2D eigenvalue weighted by Crippen LogP contribution is 2.66. The Morgan fingerprint density at radius 2 is 1.83 bits per heavy atom. The van der Waals surface area contributed by atoms with Gasteiger partial charge in [0.15, 0.2) is 0 Å². The summed E-state index contributed by atoms with van der Waals surface area (Å²) in [6.45, 7) is 4.68. The molecule has 0 radical (unpaired) electrons. The second kappa shape index (κ2) is 7.29. The van der Waals surface area contributed by atoms with E-state index in [9.17, 15) is 20.2 Å². The molecule has 8 nitrogen and oxygen atoms in total. The highest BCUT2D eigenvalue weighted by Gasteiger charge is 2.58. The lowest BCUT2D eigenvalue weighted by Crippen LogP contribution is -2.49. The summed E-state index contributed by atoms with van der Waals surface area (Å²) in [6.07, 6.45) is 13.4. The molecule has 4 aliphatic carbocycles. The van der Waals surface area contributed by atoms with E-state index in [1.807, 2.05) is 0 Å². The minimum Gasteiger partial charge on any atom is -0.283 e. The summed E-state index contributed by atoms with van der Waals surface area (Å²) in [5, 5.41) is 19.5. The highest BCUT2D eigenvalue weighted by atomic mass is 17.0. The molecule has 8 heteroatoms. The SMILES string of the molecule is C[C@]12CC[C@H]3[C@@H](CCC4=CCC=C[C@@]43C)[C@@H]1CC[C@@H]2CC(O[N+](=O)[O-])O[N+](=O)[O-]. The standard InChI is InChI=1S/C21H30N2O6/c1-20-11-4-3-5-14(20)6-8-16-17-9-7-15(21(17,2)12-10-18(16)20)13-19(28-22(24)25)29-23(26)27/h4-5,11,15-19H,3,6-10,12-13H2,1-2H3/t15-,16+,17+,18+,20+,21-/m1/s1. The zero-order valence-corrected chi connectivity index (χ0v) is 17.1. The Morgan fingerprint density at radius 1 is 1.10 bits per heavy atom. The van der Waals surface area contributed by atoms with Crippen molar-refractivity contribution in [2.75, 3.05) is 0 Å². The molecule has 4 rings (SSSR count). The van der Waals surface area contributed by atoms with Gasteiger partial charge in [0.1, 0.15) is 0 Å². The predicted octanol–water partition coefficient (Wildman–Crippen LogP) is 4.86. The third-order valence-corrected chi connectivity index (χ3v) is 8.69. The Bertz CT molecular complexity index is 735. The van der Waals surface area contributed by atoms with Gasteiger partial charge in [0.25, 0.3) is 16.5 Å². The van der Waals surface area contributed by atoms with E-state index in [1.165, 1.54) is 6.42 Å². The van der Waals surface area contributed by atoms with Gasteiger partial charge in [-0.3, -0.25) is 9.68 Å². The van der Waals surface area contributed by atoms with Crippen LogP contribution in [0.3, 0.4) is 0 Å². The fourth-order valence-corrected chi connectivity index (χ4v) is 7.37. The van der Waals surface area contributed by atoms with Crippen LogP contribution in [0.25, 0.3) is 0 Å². The van der Waals surface area contributed by atoms with Crippen molar-refractivity contribution < 1.29 is 19.8 Å². The van der Waals surface area contributed by atoms with Crippen LogP contribution >= 0.6 is 0 Å². The molecule has 0 aromatic rings. The Labute approximate surface area is 170 Å². The topological polar surface area (TPSA) is 105 Å². The number of nitrogens with zero attached hydrogens (tertiary/aromatic N) is 2. The van der Waals surface area contributed by atoms with E-state index in [-0.39, 0.29) is 23.2 Å². The van der Waals surface area contributed by atoms with E-state index in [1.54, 1.807) is 5.57 Å². The monoisotopic (exact) mass is 406 g/mol. The third kappa shape index (κ3) is 3.40. The van der Waals surface area contributed by atoms with E-state index in [0.717, 1.165) is 38.5 Å². The van der Waals surface area contributed by atoms with Gasteiger partial charge in [-0.2, -0.15) is 0 Å². The summed E-state index contributed by atoms with van der Waals surface area (Å²) in [5.41, 5.74) is 1.78. The fraction of sp³-hybridized carbons (Fsp3) is 0.810. The molecule has 3 fully saturated rings. The normalized spacial score (nSPS) is 40.4. The van der Waals surface area contributed by atoms with Gasteiger partial charge in [-0.1, -0.05) is 37.6 Å². The van der Waals surface area contributed by atoms with Gasteiger partial charge in [0, 0.05) is 11.8 Å². The minimum absolute atomic E-state index is 0.0231. The molecule has 0 amide bonds. The van der Waals surface area contributed by atoms with Gasteiger partial charge < -0.3 is 0 Å². The van der Waals surface area contributed by atoms with Crippen LogP contribution in [0.1, 0.15) is 65.2 Å². The van der Waals surface area contributed by atoms with Crippen LogP contribution in [0.4, 0.5) is 0 Å². The summed E-state index contributed by atoms with van der Waals surface area (Å²) in [4.78, 5) is 30.5. The summed E-state index contributed by atoms with van der Waals surface area (Å²) in [6, 6.07) is 0. The smallest absolute Gasteiger partial charge is 0.283 e. The van der Waals surface area contributed by atoms with Crippen molar-refractivity contribution in [3.63, 3.8) is 0 Å². The van der Waals surface area contributed by atoms with Gasteiger partial charge in [-0.25, -0.2) is 0 Å². The highest BCUT2D eigenvalue weighted by molar-refractivity contribution is 5.31. The maximum Gasteiger partial charge on any atom is 0.296 e. The number of rotatable bonds is 6. The van der Waals surface area contributed by atoms with E-state index < -0.39 is 16.5 Å². The molecule has 3 saturated carbocycles. The van der Waals surface area contributed by atoms with Gasteiger partial charge >= 0.3 is 0 Å². The van der Waals surface area contributed by atoms with Crippen LogP contribution in [-0.4, -0.2) is 16.5 Å². The van der Waals surface area contributed by atoms with E-state index in [0.29, 0.717) is 17.8 Å². The first-order valence-corrected chi connectivity index (χ1v) is 10.7. The van der Waals surface area contributed by atoms with E-state index >= 15 is 0 Å². The number of hydrogen-bond donors (Lipinski definition) is 0. The molecule has 0 aromatic heterocycles. The van der Waals surface area contributed by atoms with Crippen molar-refractivity contribution in [1.82, 2.24) is 0 Å². The van der Waals surface area contributed by atoms with Gasteiger partial charge in [0.05, 0.1) is 0 Å². The molecule has 160 valence electrons. The molecule has 6 atom stereocenters. The van der Waals surface area contributed by atoms with Crippen LogP contribution in [0.15, 0.2) is 23.8 Å². The minimum atomic E-state index is -1.45. The molecule has 0 heterocycles. The second-order valence-electron chi connectivity index (χ2n) is 9.71. The average molecular weight is 406 g/mol. The van der Waals surface area contributed by atoms with Crippen molar-refractivity contribution in [2.45, 2.75) is 71.5 Å². The Hall–Kier alpha value is -2.12. The summed E-state index contributed by atoms with van der Waals surface area (Å²) in [7, 11) is 0. The number of allylic oxidation sites excluding steroid dienone is 4. The predicted molar refractivity (Wildman–Crippen MR) is 104 cm³/mol. The average Bonchev–Trinajstić information content (AvgIpc) is 2.96. The second-order valence-corrected chi connectivity index (χ2v) is 9.71. The van der Waals surface area contributed by atoms with Crippen LogP contribution in [0.2, 0.25) is 0 Å². The van der Waals surface area contributed by atoms with Crippen LogP contribution in [0.5, 0.6) is 0 Å². The fourth-order valence-electron chi connectivity index (χ4n) is 7.37. The molecule has 0 aromatic carbocycles. The third-order valence-electron chi connectivity index (χ3n) is 8.69. The van der Waals surface area contributed by atoms with Crippen LogP contribution < -0.4 is 0 Å². The van der Waals surface area contributed by atoms with Crippen molar-refractivity contribution >= 4 is 0 Å². The van der Waals surface area contributed by atoms with Gasteiger partial charge in [0.2, 0.25) is 0 Å². The molecule has 0 saturated heterocycles. The van der Waals surface area contributed by atoms with Crippen LogP contribution in [-0.2, 0) is 9.68 Å². The zero-order chi connectivity index (χ0) is 20.8. The lowest BCUT2D eigenvalue weighted by atomic mass is 9.47. The number of fused-ring (bicyclic) bond motifs is 5. The Balaban J connectivity index is 1.52. The first kappa shape index (κ1) is 20.2. The van der Waals surface area contributed by atoms with Crippen molar-refractivity contribution in [1.29, 1.82) is 0 Å². The first-order chi connectivity index (χ1) is 13.7. The summed E-state index contributed by atoms with van der Waals surface area (Å²) >= 11 is 0. The summed E-state index contributed by atoms with van der Waals surface area (Å²) < 4.78 is 0. The molecule has 0 spiro atoms. The lowest BCUT2D eigenvalue weighted by molar-refractivity contribution is -0.851. The zero-order valence-electron chi connectivity index (χ0n) is 17.1. The molecule has 0 unspecified atom stereocenters. The first-order valence-electron chi connectivity index (χ1n) is 10.7. The van der Waals surface area contributed by atoms with Gasteiger partial charge in [-0.05, 0) is 74.0 Å². The molecule has 29 heavy (non-hydrogen) atoms. The lowest BCUT2D eigenvalue weighted by Gasteiger charge is -2.57. The molecule has 0 bridgehead atoms. The van der Waals surface area contributed by atoms with E-state index in [4.69, 9.17) is 0 Å². The molecule has 4 aliphatic rings. The maximum absolute atomic E-state index is 10.8. The number of hydrogen-bond acceptors (Lipinski definition) is 6. The van der Waals surface area contributed by atoms with Crippen molar-refractivity contribution in [3.8, 4) is 0 Å². The largest absolute Gasteiger partial charge is 0.296 e. The van der Waals surface area contributed by atoms with E-state index in [2.05, 4.69) is 41.8 Å². The molecular formula is C21H30N2O6.